The molecule has 0 unspecified atom stereocenters. The molecule has 0 saturated heterocycles. The van der Waals surface area contributed by atoms with Crippen molar-refractivity contribution in [1.29, 1.82) is 0 Å². The molecule has 0 saturated carbocycles. The lowest BCUT2D eigenvalue weighted by Crippen LogP contribution is -2.39. The number of hydrogen-bond donors (Lipinski definition) is 1. The van der Waals surface area contributed by atoms with Crippen molar-refractivity contribution >= 4 is 17.5 Å². The number of nitrogens with one attached hydrogen (secondary N) is 1. The molecule has 0 aromatic heterocycles. The zero-order chi connectivity index (χ0) is 19.1. The van der Waals surface area contributed by atoms with Gasteiger partial charge in [0.05, 0.1) is 20.3 Å². The number of ether oxygens (including phenoxy) is 3. The fourth-order valence-electron chi connectivity index (χ4n) is 2.59. The van der Waals surface area contributed by atoms with Crippen LogP contribution in [0.1, 0.15) is 31.9 Å². The zero-order valence-corrected chi connectivity index (χ0v) is 16.2. The molecule has 2 rings (SSSR count). The van der Waals surface area contributed by atoms with Crippen LogP contribution >= 0.6 is 11.6 Å². The van der Waals surface area contributed by atoms with Gasteiger partial charge in [-0.3, -0.25) is 4.79 Å². The third kappa shape index (κ3) is 5.05. The molecule has 0 fully saturated rings. The Morgan fingerprint density at radius 1 is 1.12 bits per heavy atom. The Labute approximate surface area is 159 Å². The highest BCUT2D eigenvalue weighted by Gasteiger charge is 2.22. The molecule has 2 aromatic rings. The van der Waals surface area contributed by atoms with Gasteiger partial charge in [-0.2, -0.15) is 0 Å². The Balaban J connectivity index is 2.11. The van der Waals surface area contributed by atoms with Crippen molar-refractivity contribution in [2.75, 3.05) is 14.2 Å². The average Bonchev–Trinajstić information content (AvgIpc) is 2.65. The van der Waals surface area contributed by atoms with Crippen LogP contribution in [0.15, 0.2) is 42.5 Å². The number of rotatable bonds is 8. The zero-order valence-electron chi connectivity index (χ0n) is 15.4. The summed E-state index contributed by atoms with van der Waals surface area (Å²) in [6.45, 7) is 3.78. The number of amides is 1. The molecule has 0 aliphatic rings. The molecule has 5 nitrogen and oxygen atoms in total. The molecule has 2 aromatic carbocycles. The van der Waals surface area contributed by atoms with E-state index in [0.717, 1.165) is 5.56 Å². The van der Waals surface area contributed by atoms with Gasteiger partial charge in [0, 0.05) is 10.6 Å². The molecule has 2 atom stereocenters. The van der Waals surface area contributed by atoms with Gasteiger partial charge >= 0.3 is 0 Å². The smallest absolute Gasteiger partial charge is 0.261 e. The Morgan fingerprint density at radius 3 is 2.50 bits per heavy atom. The van der Waals surface area contributed by atoms with Crippen LogP contribution in [-0.2, 0) is 4.79 Å². The van der Waals surface area contributed by atoms with Crippen LogP contribution in [-0.4, -0.2) is 26.2 Å². The number of benzene rings is 2. The minimum atomic E-state index is -0.618. The molecule has 0 aliphatic heterocycles. The molecule has 1 N–H and O–H groups in total. The largest absolute Gasteiger partial charge is 0.497 e. The SMILES string of the molecule is CC[C@@H](Oc1cccc(Cl)c1)C(=O)N[C@H](C)c1cc(OC)ccc1OC. The standard InChI is InChI=1S/C20H24ClNO4/c1-5-18(26-16-8-6-7-14(21)11-16)20(23)22-13(2)17-12-15(24-3)9-10-19(17)25-4/h6-13,18H,5H2,1-4H3,(H,22,23)/t13-,18-/m1/s1. The van der Waals surface area contributed by atoms with E-state index >= 15 is 0 Å². The fourth-order valence-corrected chi connectivity index (χ4v) is 2.77. The van der Waals surface area contributed by atoms with Crippen molar-refractivity contribution in [2.45, 2.75) is 32.4 Å². The highest BCUT2D eigenvalue weighted by molar-refractivity contribution is 6.30. The Bertz CT molecular complexity index is 750. The van der Waals surface area contributed by atoms with E-state index in [1.807, 2.05) is 32.0 Å². The van der Waals surface area contributed by atoms with E-state index in [1.54, 1.807) is 38.5 Å². The summed E-state index contributed by atoms with van der Waals surface area (Å²) in [4.78, 5) is 12.7. The van der Waals surface area contributed by atoms with Crippen LogP contribution in [0.4, 0.5) is 0 Å². The second-order valence-corrected chi connectivity index (χ2v) is 6.25. The van der Waals surface area contributed by atoms with Crippen LogP contribution in [0.25, 0.3) is 0 Å². The van der Waals surface area contributed by atoms with E-state index in [9.17, 15) is 4.79 Å². The van der Waals surface area contributed by atoms with Crippen LogP contribution in [0.2, 0.25) is 5.02 Å². The summed E-state index contributed by atoms with van der Waals surface area (Å²) in [5, 5.41) is 3.54. The van der Waals surface area contributed by atoms with Gasteiger partial charge in [-0.1, -0.05) is 24.6 Å². The minimum Gasteiger partial charge on any atom is -0.497 e. The molecular weight excluding hydrogens is 354 g/mol. The highest BCUT2D eigenvalue weighted by Crippen LogP contribution is 2.29. The van der Waals surface area contributed by atoms with E-state index in [2.05, 4.69) is 5.32 Å². The molecule has 1 amide bonds. The van der Waals surface area contributed by atoms with Crippen molar-refractivity contribution in [2.24, 2.45) is 0 Å². The normalized spacial score (nSPS) is 12.8. The lowest BCUT2D eigenvalue weighted by molar-refractivity contribution is -0.128. The van der Waals surface area contributed by atoms with Gasteiger partial charge in [0.25, 0.3) is 5.91 Å². The summed E-state index contributed by atoms with van der Waals surface area (Å²) in [7, 11) is 3.19. The van der Waals surface area contributed by atoms with Crippen molar-refractivity contribution in [3.63, 3.8) is 0 Å². The van der Waals surface area contributed by atoms with Crippen molar-refractivity contribution < 1.29 is 19.0 Å². The number of methoxy groups -OCH3 is 2. The van der Waals surface area contributed by atoms with Gasteiger partial charge in [-0.25, -0.2) is 0 Å². The van der Waals surface area contributed by atoms with Gasteiger partial charge in [0.2, 0.25) is 0 Å². The van der Waals surface area contributed by atoms with E-state index in [-0.39, 0.29) is 11.9 Å². The average molecular weight is 378 g/mol. The maximum Gasteiger partial charge on any atom is 0.261 e. The summed E-state index contributed by atoms with van der Waals surface area (Å²) in [6.07, 6.45) is -0.0899. The first kappa shape index (κ1) is 19.9. The maximum atomic E-state index is 12.7. The third-order valence-corrected chi connectivity index (χ3v) is 4.23. The lowest BCUT2D eigenvalue weighted by Gasteiger charge is -2.22. The van der Waals surface area contributed by atoms with Crippen LogP contribution in [0, 0.1) is 0 Å². The predicted molar refractivity (Wildman–Crippen MR) is 102 cm³/mol. The Kier molecular flexibility index (Phi) is 7.16. The summed E-state index contributed by atoms with van der Waals surface area (Å²) < 4.78 is 16.4. The van der Waals surface area contributed by atoms with E-state index in [0.29, 0.717) is 28.7 Å². The minimum absolute atomic E-state index is 0.204. The Morgan fingerprint density at radius 2 is 1.88 bits per heavy atom. The second-order valence-electron chi connectivity index (χ2n) is 5.81. The third-order valence-electron chi connectivity index (χ3n) is 4.00. The van der Waals surface area contributed by atoms with Crippen LogP contribution in [0.3, 0.4) is 0 Å². The predicted octanol–water partition coefficient (Wildman–Crippen LogP) is 4.39. The van der Waals surface area contributed by atoms with Crippen molar-refractivity contribution in [3.8, 4) is 17.2 Å². The molecule has 6 heteroatoms. The number of carbonyl (C=O) groups excluding carboxylic acids is 1. The summed E-state index contributed by atoms with van der Waals surface area (Å²) >= 11 is 5.97. The lowest BCUT2D eigenvalue weighted by atomic mass is 10.1. The molecule has 0 radical (unpaired) electrons. The number of hydrogen-bond acceptors (Lipinski definition) is 4. The van der Waals surface area contributed by atoms with Gasteiger partial charge in [0.1, 0.15) is 17.2 Å². The van der Waals surface area contributed by atoms with E-state index in [4.69, 9.17) is 25.8 Å². The van der Waals surface area contributed by atoms with Crippen molar-refractivity contribution in [1.82, 2.24) is 5.32 Å². The fraction of sp³-hybridized carbons (Fsp3) is 0.350. The monoisotopic (exact) mass is 377 g/mol. The summed E-state index contributed by atoms with van der Waals surface area (Å²) in [5.74, 6) is 1.74. The van der Waals surface area contributed by atoms with E-state index in [1.165, 1.54) is 0 Å². The maximum absolute atomic E-state index is 12.7. The molecule has 0 aliphatic carbocycles. The quantitative estimate of drug-likeness (QED) is 0.741. The summed E-state index contributed by atoms with van der Waals surface area (Å²) in [6, 6.07) is 12.2. The van der Waals surface area contributed by atoms with Gasteiger partial charge < -0.3 is 19.5 Å². The molecule has 140 valence electrons. The molecule has 0 bridgehead atoms. The molecule has 0 spiro atoms. The first-order chi connectivity index (χ1) is 12.5. The van der Waals surface area contributed by atoms with Crippen LogP contribution < -0.4 is 19.5 Å². The first-order valence-electron chi connectivity index (χ1n) is 8.43. The second kappa shape index (κ2) is 9.34. The number of halogens is 1. The Hall–Kier alpha value is -2.40. The van der Waals surface area contributed by atoms with Crippen molar-refractivity contribution in [3.05, 3.63) is 53.1 Å². The van der Waals surface area contributed by atoms with Gasteiger partial charge in [-0.05, 0) is 49.7 Å². The summed E-state index contributed by atoms with van der Waals surface area (Å²) in [5.41, 5.74) is 0.831. The molecular formula is C20H24ClNO4. The molecule has 26 heavy (non-hydrogen) atoms. The number of carbonyl (C=O) groups is 1. The first-order valence-corrected chi connectivity index (χ1v) is 8.80. The van der Waals surface area contributed by atoms with E-state index < -0.39 is 6.10 Å². The van der Waals surface area contributed by atoms with Crippen LogP contribution in [0.5, 0.6) is 17.2 Å². The van der Waals surface area contributed by atoms with Gasteiger partial charge in [0.15, 0.2) is 6.10 Å². The topological polar surface area (TPSA) is 56.8 Å². The highest BCUT2D eigenvalue weighted by atomic mass is 35.5. The van der Waals surface area contributed by atoms with Gasteiger partial charge in [-0.15, -0.1) is 0 Å². The molecule has 0 heterocycles.